The summed E-state index contributed by atoms with van der Waals surface area (Å²) in [5.74, 6) is -0.0130. The molecule has 2 N–H and O–H groups in total. The molecule has 1 aliphatic rings. The number of carbonyl (C=O) groups excluding carboxylic acids is 1. The molecular weight excluding hydrogens is 599 g/mol. The lowest BCUT2D eigenvalue weighted by molar-refractivity contribution is -0.0177. The fourth-order valence-electron chi connectivity index (χ4n) is 5.34. The number of likely N-dealkylation sites (N-methyl/N-ethyl adjacent to an activating group) is 1. The van der Waals surface area contributed by atoms with Gasteiger partial charge in [0.2, 0.25) is 0 Å². The Bertz CT molecular complexity index is 1430. The molecule has 0 spiro atoms. The van der Waals surface area contributed by atoms with E-state index in [4.69, 9.17) is 9.47 Å². The zero-order chi connectivity index (χ0) is 31.7. The molecule has 2 heterocycles. The lowest BCUT2D eigenvalue weighted by atomic mass is 10.0. The molecule has 1 amide bonds. The van der Waals surface area contributed by atoms with Crippen LogP contribution in [0.25, 0.3) is 0 Å². The first-order chi connectivity index (χ1) is 21.1. The van der Waals surface area contributed by atoms with Gasteiger partial charge in [-0.25, -0.2) is 8.42 Å². The molecule has 3 aromatic rings. The minimum absolute atomic E-state index is 0.0575. The van der Waals surface area contributed by atoms with Crippen LogP contribution in [0.4, 0.5) is 5.69 Å². The van der Waals surface area contributed by atoms with E-state index in [1.54, 1.807) is 35.4 Å². The molecule has 0 unspecified atom stereocenters. The molecule has 0 fully saturated rings. The first-order valence-corrected chi connectivity index (χ1v) is 17.6. The van der Waals surface area contributed by atoms with Gasteiger partial charge in [-0.2, -0.15) is 0 Å². The number of carbonyl (C=O) groups is 1. The summed E-state index contributed by atoms with van der Waals surface area (Å²) in [4.78, 5) is 18.2. The molecule has 1 aromatic heterocycles. The molecule has 11 heteroatoms. The molecule has 44 heavy (non-hydrogen) atoms. The molecule has 240 valence electrons. The molecule has 0 saturated heterocycles. The van der Waals surface area contributed by atoms with Crippen LogP contribution in [-0.2, 0) is 21.3 Å². The molecule has 0 radical (unpaired) electrons. The molecular formula is C33H45N3O6S2. The predicted octanol–water partition coefficient (Wildman–Crippen LogP) is 5.48. The van der Waals surface area contributed by atoms with Crippen molar-refractivity contribution in [3.05, 3.63) is 77.2 Å². The maximum Gasteiger partial charge on any atom is 0.271 e. The van der Waals surface area contributed by atoms with Crippen LogP contribution in [0, 0.1) is 5.92 Å². The quantitative estimate of drug-likeness (QED) is 0.318. The van der Waals surface area contributed by atoms with Gasteiger partial charge in [0.1, 0.15) is 9.96 Å². The number of fused-ring (bicyclic) bond motifs is 1. The zero-order valence-corrected chi connectivity index (χ0v) is 27.6. The number of rotatable bonds is 9. The minimum atomic E-state index is -3.82. The van der Waals surface area contributed by atoms with Gasteiger partial charge in [-0.05, 0) is 75.4 Å². The highest BCUT2D eigenvalue weighted by atomic mass is 32.2. The van der Waals surface area contributed by atoms with Crippen LogP contribution in [0.2, 0.25) is 0 Å². The van der Waals surface area contributed by atoms with Crippen LogP contribution in [0.1, 0.15) is 56.0 Å². The number of hydrogen-bond donors (Lipinski definition) is 2. The van der Waals surface area contributed by atoms with E-state index in [1.165, 1.54) is 17.7 Å². The summed E-state index contributed by atoms with van der Waals surface area (Å²) in [5, 5.41) is 11.9. The number of benzene rings is 2. The van der Waals surface area contributed by atoms with Crippen LogP contribution < -0.4 is 9.46 Å². The number of aliphatic hydroxyl groups excluding tert-OH is 1. The molecule has 4 rings (SSSR count). The van der Waals surface area contributed by atoms with Gasteiger partial charge in [-0.15, -0.1) is 11.3 Å². The van der Waals surface area contributed by atoms with Gasteiger partial charge in [0.15, 0.2) is 0 Å². The van der Waals surface area contributed by atoms with Crippen molar-refractivity contribution in [3.8, 4) is 5.75 Å². The molecule has 1 aliphatic heterocycles. The van der Waals surface area contributed by atoms with E-state index in [0.29, 0.717) is 25.4 Å². The lowest BCUT2D eigenvalue weighted by Crippen LogP contribution is -2.47. The number of aliphatic hydroxyl groups is 1. The standard InChI is InChI=1S/C33H45N3O6S2/c1-24-20-36(25(2)23-37)33(38)29-19-28(34-44(39,40)32-14-10-18-43-32)15-16-30(29)42-26(3)11-8-9-17-41-31(24)22-35(4)21-27-12-6-5-7-13-27/h5-7,10,12-16,18-19,24-26,31,34,37H,8-9,11,17,20-23H2,1-4H3/t24-,25+,26+,31-/m1/s1. The van der Waals surface area contributed by atoms with Crippen molar-refractivity contribution < 1.29 is 27.8 Å². The first kappa shape index (κ1) is 33.9. The van der Waals surface area contributed by atoms with Gasteiger partial charge in [0, 0.05) is 37.8 Å². The second kappa shape index (κ2) is 15.9. The van der Waals surface area contributed by atoms with E-state index in [-0.39, 0.29) is 46.1 Å². The second-order valence-electron chi connectivity index (χ2n) is 11.7. The van der Waals surface area contributed by atoms with Crippen LogP contribution >= 0.6 is 11.3 Å². The Labute approximate surface area is 265 Å². The number of ether oxygens (including phenoxy) is 2. The van der Waals surface area contributed by atoms with Crippen molar-refractivity contribution in [1.29, 1.82) is 0 Å². The highest BCUT2D eigenvalue weighted by Gasteiger charge is 2.30. The fraction of sp³-hybridized carbons (Fsp3) is 0.485. The third kappa shape index (κ3) is 9.28. The van der Waals surface area contributed by atoms with E-state index in [2.05, 4.69) is 35.7 Å². The van der Waals surface area contributed by atoms with Crippen molar-refractivity contribution in [1.82, 2.24) is 9.80 Å². The maximum absolute atomic E-state index is 14.3. The number of nitrogens with zero attached hydrogens (tertiary/aromatic N) is 2. The molecule has 4 atom stereocenters. The van der Waals surface area contributed by atoms with E-state index in [1.807, 2.05) is 25.1 Å². The monoisotopic (exact) mass is 643 g/mol. The number of nitrogens with one attached hydrogen (secondary N) is 1. The van der Waals surface area contributed by atoms with E-state index < -0.39 is 16.1 Å². The number of sulfonamides is 1. The molecule has 0 bridgehead atoms. The SMILES string of the molecule is C[C@@H]1CN([C@@H](C)CO)C(=O)c2cc(NS(=O)(=O)c3cccs3)ccc2O[C@@H](C)CCCCO[C@@H]1CN(C)Cc1ccccc1. The van der Waals surface area contributed by atoms with Gasteiger partial charge in [0.05, 0.1) is 30.4 Å². The predicted molar refractivity (Wildman–Crippen MR) is 175 cm³/mol. The Balaban J connectivity index is 1.63. The van der Waals surface area contributed by atoms with Gasteiger partial charge < -0.3 is 19.5 Å². The van der Waals surface area contributed by atoms with Gasteiger partial charge in [0.25, 0.3) is 15.9 Å². The van der Waals surface area contributed by atoms with Gasteiger partial charge in [-0.1, -0.05) is 43.3 Å². The Hall–Kier alpha value is -2.96. The van der Waals surface area contributed by atoms with Gasteiger partial charge in [-0.3, -0.25) is 14.4 Å². The van der Waals surface area contributed by atoms with Crippen LogP contribution in [0.3, 0.4) is 0 Å². The second-order valence-corrected chi connectivity index (χ2v) is 14.6. The van der Waals surface area contributed by atoms with E-state index >= 15 is 0 Å². The average Bonchev–Trinajstić information content (AvgIpc) is 3.55. The summed E-state index contributed by atoms with van der Waals surface area (Å²) >= 11 is 1.12. The number of hydrogen-bond acceptors (Lipinski definition) is 8. The maximum atomic E-state index is 14.3. The Morgan fingerprint density at radius 1 is 1.11 bits per heavy atom. The highest BCUT2D eigenvalue weighted by molar-refractivity contribution is 7.94. The summed E-state index contributed by atoms with van der Waals surface area (Å²) in [7, 11) is -1.75. The third-order valence-corrected chi connectivity index (χ3v) is 10.6. The number of anilines is 1. The Morgan fingerprint density at radius 2 is 1.89 bits per heavy atom. The minimum Gasteiger partial charge on any atom is -0.490 e. The van der Waals surface area contributed by atoms with Crippen molar-refractivity contribution >= 4 is 33.0 Å². The highest BCUT2D eigenvalue weighted by Crippen LogP contribution is 2.30. The smallest absolute Gasteiger partial charge is 0.271 e. The summed E-state index contributed by atoms with van der Waals surface area (Å²) < 4.78 is 41.4. The molecule has 0 saturated carbocycles. The number of amides is 1. The van der Waals surface area contributed by atoms with E-state index in [9.17, 15) is 18.3 Å². The molecule has 0 aliphatic carbocycles. The summed E-state index contributed by atoms with van der Waals surface area (Å²) in [6.07, 6.45) is 2.23. The molecule has 9 nitrogen and oxygen atoms in total. The third-order valence-electron chi connectivity index (χ3n) is 7.85. The summed E-state index contributed by atoms with van der Waals surface area (Å²) in [6, 6.07) is 17.8. The number of thiophene rings is 1. The fourth-order valence-corrected chi connectivity index (χ4v) is 7.38. The van der Waals surface area contributed by atoms with E-state index in [0.717, 1.165) is 37.1 Å². The topological polar surface area (TPSA) is 108 Å². The van der Waals surface area contributed by atoms with Crippen molar-refractivity contribution in [3.63, 3.8) is 0 Å². The van der Waals surface area contributed by atoms with Crippen LogP contribution in [0.15, 0.2) is 70.3 Å². The van der Waals surface area contributed by atoms with Crippen LogP contribution in [0.5, 0.6) is 5.75 Å². The summed E-state index contributed by atoms with van der Waals surface area (Å²) in [5.41, 5.74) is 1.72. The Morgan fingerprint density at radius 3 is 2.59 bits per heavy atom. The zero-order valence-electron chi connectivity index (χ0n) is 26.0. The Kier molecular flexibility index (Phi) is 12.2. The molecule has 2 aromatic carbocycles. The van der Waals surface area contributed by atoms with Crippen LogP contribution in [-0.4, -0.2) is 80.8 Å². The first-order valence-electron chi connectivity index (χ1n) is 15.2. The normalized spacial score (nSPS) is 21.3. The summed E-state index contributed by atoms with van der Waals surface area (Å²) in [6.45, 7) is 8.01. The van der Waals surface area contributed by atoms with Crippen molar-refractivity contribution in [2.75, 3.05) is 38.1 Å². The largest absolute Gasteiger partial charge is 0.490 e. The lowest BCUT2D eigenvalue weighted by Gasteiger charge is -2.36. The average molecular weight is 644 g/mol. The van der Waals surface area contributed by atoms with Gasteiger partial charge >= 0.3 is 0 Å². The van der Waals surface area contributed by atoms with Crippen molar-refractivity contribution in [2.24, 2.45) is 5.92 Å². The van der Waals surface area contributed by atoms with Crippen molar-refractivity contribution in [2.45, 2.75) is 69.0 Å².